The fourth-order valence-corrected chi connectivity index (χ4v) is 4.66. The molecule has 0 amide bonds. The molecule has 0 fully saturated rings. The summed E-state index contributed by atoms with van der Waals surface area (Å²) in [6.07, 6.45) is 0. The number of aryl methyl sites for hydroxylation is 1. The van der Waals surface area contributed by atoms with Crippen molar-refractivity contribution in [2.45, 2.75) is 38.2 Å². The number of aliphatic hydroxyl groups is 1. The third-order valence-corrected chi connectivity index (χ3v) is 6.28. The molecule has 1 aliphatic rings. The van der Waals surface area contributed by atoms with Crippen LogP contribution >= 0.6 is 0 Å². The SMILES string of the molecule is Cc1ccc(C2=NC(C)(O)C(C)C(C)[Se]2)cc1. The zero-order valence-electron chi connectivity index (χ0n) is 10.8. The van der Waals surface area contributed by atoms with Gasteiger partial charge in [0.25, 0.3) is 0 Å². The van der Waals surface area contributed by atoms with Crippen LogP contribution in [-0.2, 0) is 0 Å². The minimum absolute atomic E-state index is 0.233. The van der Waals surface area contributed by atoms with Gasteiger partial charge in [0.05, 0.1) is 0 Å². The van der Waals surface area contributed by atoms with E-state index in [2.05, 4.69) is 50.0 Å². The molecule has 0 bridgehead atoms. The van der Waals surface area contributed by atoms with Gasteiger partial charge in [-0.3, -0.25) is 0 Å². The summed E-state index contributed by atoms with van der Waals surface area (Å²) in [6.45, 7) is 8.19. The fraction of sp³-hybridized carbons (Fsp3) is 0.500. The van der Waals surface area contributed by atoms with Crippen LogP contribution in [-0.4, -0.2) is 30.4 Å². The van der Waals surface area contributed by atoms with Crippen LogP contribution in [0.1, 0.15) is 31.9 Å². The minimum atomic E-state index is -0.917. The molecular formula is C14H19NOSe. The Morgan fingerprint density at radius 1 is 1.24 bits per heavy atom. The second-order valence-electron chi connectivity index (χ2n) is 4.99. The second kappa shape index (κ2) is 4.56. The van der Waals surface area contributed by atoms with Crippen molar-refractivity contribution in [2.75, 3.05) is 0 Å². The van der Waals surface area contributed by atoms with Crippen molar-refractivity contribution < 1.29 is 5.11 Å². The molecule has 1 heterocycles. The number of rotatable bonds is 1. The number of hydrogen-bond acceptors (Lipinski definition) is 2. The molecule has 3 atom stereocenters. The number of benzene rings is 1. The quantitative estimate of drug-likeness (QED) is 0.794. The molecule has 0 aliphatic carbocycles. The Morgan fingerprint density at radius 3 is 2.35 bits per heavy atom. The van der Waals surface area contributed by atoms with E-state index in [1.165, 1.54) is 5.56 Å². The van der Waals surface area contributed by atoms with E-state index in [4.69, 9.17) is 0 Å². The van der Waals surface area contributed by atoms with Crippen LogP contribution in [0.15, 0.2) is 29.3 Å². The van der Waals surface area contributed by atoms with Crippen LogP contribution in [0.3, 0.4) is 0 Å². The Kier molecular flexibility index (Phi) is 3.44. The van der Waals surface area contributed by atoms with Gasteiger partial charge in [-0.25, -0.2) is 0 Å². The summed E-state index contributed by atoms with van der Waals surface area (Å²) in [5.74, 6) is 0.233. The van der Waals surface area contributed by atoms with Crippen molar-refractivity contribution >= 4 is 19.6 Å². The standard InChI is InChI=1S/C14H19NOSe/c1-9-5-7-12(8-6-9)13-15-14(4,16)10(2)11(3)17-13/h5-8,10-11,16H,1-4H3. The van der Waals surface area contributed by atoms with Gasteiger partial charge in [-0.15, -0.1) is 0 Å². The molecule has 17 heavy (non-hydrogen) atoms. The van der Waals surface area contributed by atoms with Gasteiger partial charge in [0.1, 0.15) is 0 Å². The zero-order valence-corrected chi connectivity index (χ0v) is 12.5. The van der Waals surface area contributed by atoms with Gasteiger partial charge in [-0.05, 0) is 0 Å². The van der Waals surface area contributed by atoms with Crippen molar-refractivity contribution in [1.82, 2.24) is 0 Å². The molecule has 0 radical (unpaired) electrons. The van der Waals surface area contributed by atoms with Crippen molar-refractivity contribution in [3.05, 3.63) is 35.4 Å². The summed E-state index contributed by atoms with van der Waals surface area (Å²) in [4.78, 5) is 5.07. The van der Waals surface area contributed by atoms with E-state index in [0.29, 0.717) is 19.8 Å². The van der Waals surface area contributed by atoms with Crippen LogP contribution < -0.4 is 0 Å². The molecule has 1 aromatic rings. The summed E-state index contributed by atoms with van der Waals surface area (Å²) in [5, 5.41) is 10.3. The Balaban J connectivity index is 2.36. The van der Waals surface area contributed by atoms with Crippen LogP contribution in [0, 0.1) is 12.8 Å². The Labute approximate surface area is 109 Å². The normalized spacial score (nSPS) is 33.4. The summed E-state index contributed by atoms with van der Waals surface area (Å²) in [6, 6.07) is 8.42. The van der Waals surface area contributed by atoms with Gasteiger partial charge in [-0.2, -0.15) is 0 Å². The average Bonchev–Trinajstić information content (AvgIpc) is 2.26. The average molecular weight is 296 g/mol. The summed E-state index contributed by atoms with van der Waals surface area (Å²) in [7, 11) is 0. The van der Waals surface area contributed by atoms with Gasteiger partial charge < -0.3 is 0 Å². The van der Waals surface area contributed by atoms with Gasteiger partial charge in [0, 0.05) is 0 Å². The molecule has 1 aromatic carbocycles. The van der Waals surface area contributed by atoms with E-state index in [9.17, 15) is 5.11 Å². The van der Waals surface area contributed by atoms with Crippen molar-refractivity contribution in [3.63, 3.8) is 0 Å². The molecule has 0 saturated heterocycles. The summed E-state index contributed by atoms with van der Waals surface area (Å²) >= 11 is 0.344. The predicted octanol–water partition coefficient (Wildman–Crippen LogP) is 2.61. The maximum absolute atomic E-state index is 10.3. The van der Waals surface area contributed by atoms with E-state index in [0.717, 1.165) is 10.2 Å². The zero-order chi connectivity index (χ0) is 12.6. The predicted molar refractivity (Wildman–Crippen MR) is 72.7 cm³/mol. The molecule has 3 unspecified atom stereocenters. The topological polar surface area (TPSA) is 32.6 Å². The third kappa shape index (κ3) is 2.62. The summed E-state index contributed by atoms with van der Waals surface area (Å²) in [5.41, 5.74) is 1.50. The molecule has 1 N–H and O–H groups in total. The van der Waals surface area contributed by atoms with Crippen molar-refractivity contribution in [3.8, 4) is 0 Å². The van der Waals surface area contributed by atoms with E-state index in [1.807, 2.05) is 6.92 Å². The number of nitrogens with zero attached hydrogens (tertiary/aromatic N) is 1. The van der Waals surface area contributed by atoms with Gasteiger partial charge in [-0.1, -0.05) is 0 Å². The molecule has 92 valence electrons. The number of hydrogen-bond donors (Lipinski definition) is 1. The number of aliphatic imine (C=N–C) groups is 1. The molecule has 3 heteroatoms. The molecule has 1 aliphatic heterocycles. The van der Waals surface area contributed by atoms with Crippen molar-refractivity contribution in [1.29, 1.82) is 0 Å². The first-order chi connectivity index (χ1) is 7.90. The monoisotopic (exact) mass is 297 g/mol. The molecule has 0 aromatic heterocycles. The fourth-order valence-electron chi connectivity index (χ4n) is 1.89. The second-order valence-corrected chi connectivity index (χ2v) is 7.85. The first-order valence-electron chi connectivity index (χ1n) is 5.96. The Morgan fingerprint density at radius 2 is 1.82 bits per heavy atom. The van der Waals surface area contributed by atoms with Gasteiger partial charge >= 0.3 is 109 Å². The Bertz CT molecular complexity index is 436. The summed E-state index contributed by atoms with van der Waals surface area (Å²) < 4.78 is 1.09. The van der Waals surface area contributed by atoms with Crippen LogP contribution in [0.5, 0.6) is 0 Å². The first kappa shape index (κ1) is 12.8. The van der Waals surface area contributed by atoms with E-state index < -0.39 is 5.72 Å². The van der Waals surface area contributed by atoms with Crippen LogP contribution in [0.25, 0.3) is 0 Å². The van der Waals surface area contributed by atoms with E-state index >= 15 is 0 Å². The first-order valence-corrected chi connectivity index (χ1v) is 7.80. The molecule has 2 rings (SSSR count). The van der Waals surface area contributed by atoms with Crippen molar-refractivity contribution in [2.24, 2.45) is 10.9 Å². The van der Waals surface area contributed by atoms with Gasteiger partial charge in [0.2, 0.25) is 0 Å². The van der Waals surface area contributed by atoms with Gasteiger partial charge in [0.15, 0.2) is 0 Å². The maximum atomic E-state index is 10.3. The van der Waals surface area contributed by atoms with Crippen LogP contribution in [0.4, 0.5) is 0 Å². The Hall–Kier alpha value is -0.631. The van der Waals surface area contributed by atoms with Crippen LogP contribution in [0.2, 0.25) is 4.82 Å². The van der Waals surface area contributed by atoms with E-state index in [-0.39, 0.29) is 5.92 Å². The molecule has 0 saturated carbocycles. The third-order valence-electron chi connectivity index (χ3n) is 3.49. The molecule has 0 spiro atoms. The molecule has 2 nitrogen and oxygen atoms in total. The molecular weight excluding hydrogens is 277 g/mol. The van der Waals surface area contributed by atoms with E-state index in [1.54, 1.807) is 0 Å².